The molecule has 1 aromatic heterocycles. The van der Waals surface area contributed by atoms with Crippen molar-refractivity contribution in [2.24, 2.45) is 0 Å². The van der Waals surface area contributed by atoms with Crippen LogP contribution in [0.15, 0.2) is 29.8 Å². The van der Waals surface area contributed by atoms with Crippen molar-refractivity contribution in [2.75, 3.05) is 19.8 Å². The van der Waals surface area contributed by atoms with E-state index in [0.29, 0.717) is 56.4 Å². The minimum Gasteiger partial charge on any atom is -0.483 e. The van der Waals surface area contributed by atoms with Gasteiger partial charge in [0.05, 0.1) is 18.8 Å². The van der Waals surface area contributed by atoms with Gasteiger partial charge in [-0.05, 0) is 56.6 Å². The van der Waals surface area contributed by atoms with Crippen LogP contribution in [0.1, 0.15) is 61.1 Å². The molecule has 36 heavy (non-hydrogen) atoms. The Labute approximate surface area is 211 Å². The lowest BCUT2D eigenvalue weighted by Gasteiger charge is -2.43. The average molecular weight is 528 g/mol. The predicted octanol–water partition coefficient (Wildman–Crippen LogP) is 4.97. The Kier molecular flexibility index (Phi) is 7.50. The summed E-state index contributed by atoms with van der Waals surface area (Å²) in [5.41, 5.74) is 0.495. The van der Waals surface area contributed by atoms with Crippen molar-refractivity contribution < 1.29 is 31.8 Å². The second kappa shape index (κ2) is 10.6. The monoisotopic (exact) mass is 527 g/mol. The molecule has 196 valence electrons. The summed E-state index contributed by atoms with van der Waals surface area (Å²) in [4.78, 5) is 18.7. The Hall–Kier alpha value is -2.24. The number of hydrogen-bond acceptors (Lipinski definition) is 6. The van der Waals surface area contributed by atoms with E-state index in [0.717, 1.165) is 11.3 Å². The lowest BCUT2D eigenvalue weighted by atomic mass is 9.82. The number of rotatable bonds is 3. The van der Waals surface area contributed by atoms with Gasteiger partial charge in [0.15, 0.2) is 12.6 Å². The maximum Gasteiger partial charge on any atom is 0.410 e. The van der Waals surface area contributed by atoms with Crippen LogP contribution >= 0.6 is 11.3 Å². The normalized spacial score (nSPS) is 28.2. The number of aromatic nitrogens is 1. The molecule has 1 saturated heterocycles. The molecule has 1 amide bonds. The molecule has 0 radical (unpaired) electrons. The van der Waals surface area contributed by atoms with Crippen molar-refractivity contribution in [3.05, 3.63) is 46.2 Å². The molecule has 1 aromatic carbocycles. The van der Waals surface area contributed by atoms with E-state index in [1.165, 1.54) is 17.6 Å². The van der Waals surface area contributed by atoms with Crippen molar-refractivity contribution in [3.63, 3.8) is 0 Å². The van der Waals surface area contributed by atoms with Gasteiger partial charge in [0.1, 0.15) is 16.6 Å². The second-order valence-electron chi connectivity index (χ2n) is 9.66. The fourth-order valence-electron chi connectivity index (χ4n) is 5.68. The summed E-state index contributed by atoms with van der Waals surface area (Å²) in [6, 6.07) is 1.48. The van der Waals surface area contributed by atoms with Crippen LogP contribution in [-0.2, 0) is 9.53 Å². The highest BCUT2D eigenvalue weighted by Crippen LogP contribution is 2.41. The minimum atomic E-state index is -4.54. The molecule has 3 atom stereocenters. The van der Waals surface area contributed by atoms with Crippen LogP contribution in [0.3, 0.4) is 0 Å². The van der Waals surface area contributed by atoms with Crippen molar-refractivity contribution >= 4 is 17.2 Å². The van der Waals surface area contributed by atoms with Crippen LogP contribution in [0, 0.1) is 5.82 Å². The lowest BCUT2D eigenvalue weighted by Crippen LogP contribution is -2.60. The number of ether oxygens (including phenoxy) is 2. The van der Waals surface area contributed by atoms with Crippen molar-refractivity contribution in [3.8, 4) is 5.75 Å². The van der Waals surface area contributed by atoms with E-state index >= 15 is 0 Å². The first-order chi connectivity index (χ1) is 17.3. The predicted molar refractivity (Wildman–Crippen MR) is 125 cm³/mol. The van der Waals surface area contributed by atoms with Crippen molar-refractivity contribution in [1.29, 1.82) is 0 Å². The van der Waals surface area contributed by atoms with Crippen LogP contribution < -0.4 is 10.1 Å². The number of nitrogens with one attached hydrogen (secondary N) is 1. The third-order valence-corrected chi connectivity index (χ3v) is 8.30. The zero-order valence-corrected chi connectivity index (χ0v) is 20.5. The highest BCUT2D eigenvalue weighted by molar-refractivity contribution is 7.09. The van der Waals surface area contributed by atoms with Gasteiger partial charge in [-0.3, -0.25) is 10.1 Å². The van der Waals surface area contributed by atoms with E-state index in [9.17, 15) is 22.4 Å². The van der Waals surface area contributed by atoms with Gasteiger partial charge < -0.3 is 14.4 Å². The van der Waals surface area contributed by atoms with Gasteiger partial charge in [-0.1, -0.05) is 6.07 Å². The standard InChI is InChI=1S/C25H29F4N3O3S/c26-17-3-1-5-20-22(17)15-6-8-16(9-7-15)34-13-19-18(4-2-11-32(19)21(33)14-35-20)31-23(25(27,28)29)24-30-10-12-36-24/h1,3,5,10,12,15-16,18-19,23,31H,2,4,6-9,11,13-14H2/t15?,16?,18-,19-,23?/m0/s1. The fourth-order valence-corrected chi connectivity index (χ4v) is 6.40. The highest BCUT2D eigenvalue weighted by atomic mass is 32.1. The summed E-state index contributed by atoms with van der Waals surface area (Å²) in [7, 11) is 0. The van der Waals surface area contributed by atoms with Crippen LogP contribution in [-0.4, -0.2) is 59.9 Å². The number of piperidine rings is 1. The van der Waals surface area contributed by atoms with Gasteiger partial charge in [0.2, 0.25) is 0 Å². The molecule has 1 saturated carbocycles. The lowest BCUT2D eigenvalue weighted by molar-refractivity contribution is -0.164. The van der Waals surface area contributed by atoms with Gasteiger partial charge >= 0.3 is 6.18 Å². The molecule has 6 nitrogen and oxygen atoms in total. The van der Waals surface area contributed by atoms with Gasteiger partial charge in [-0.25, -0.2) is 9.37 Å². The summed E-state index contributed by atoms with van der Waals surface area (Å²) in [5.74, 6) is -0.370. The first-order valence-corrected chi connectivity index (χ1v) is 13.2. The number of halogens is 4. The number of carbonyl (C=O) groups excluding carboxylic acids is 1. The Bertz CT molecular complexity index is 1040. The quantitative estimate of drug-likeness (QED) is 0.571. The molecule has 4 aliphatic rings. The van der Waals surface area contributed by atoms with Crippen LogP contribution in [0.5, 0.6) is 5.75 Å². The zero-order valence-electron chi connectivity index (χ0n) is 19.7. The summed E-state index contributed by atoms with van der Waals surface area (Å²) in [6.07, 6.45) is 0.588. The fraction of sp³-hybridized carbons (Fsp3) is 0.600. The Morgan fingerprint density at radius 3 is 2.69 bits per heavy atom. The summed E-state index contributed by atoms with van der Waals surface area (Å²) in [6.45, 7) is 0.207. The molecule has 2 aromatic rings. The molecule has 11 heteroatoms. The molecular weight excluding hydrogens is 498 g/mol. The van der Waals surface area contributed by atoms with E-state index in [2.05, 4.69) is 10.3 Å². The first-order valence-electron chi connectivity index (χ1n) is 12.4. The molecule has 1 aliphatic carbocycles. The Morgan fingerprint density at radius 1 is 1.17 bits per heavy atom. The van der Waals surface area contributed by atoms with Crippen LogP contribution in [0.4, 0.5) is 17.6 Å². The second-order valence-corrected chi connectivity index (χ2v) is 10.6. The summed E-state index contributed by atoms with van der Waals surface area (Å²) >= 11 is 0.945. The molecule has 4 heterocycles. The third-order valence-electron chi connectivity index (χ3n) is 7.45. The van der Waals surface area contributed by atoms with E-state index in [1.54, 1.807) is 17.0 Å². The SMILES string of the molecule is O=C1COc2cccc(F)c2C2CCC(CC2)OC[C@H]2[C@@H](NC(c3nccs3)C(F)(F)F)CCCN12. The highest BCUT2D eigenvalue weighted by Gasteiger charge is 2.46. The largest absolute Gasteiger partial charge is 0.483 e. The minimum absolute atomic E-state index is 0.0280. The smallest absolute Gasteiger partial charge is 0.410 e. The molecule has 2 fully saturated rings. The van der Waals surface area contributed by atoms with Crippen molar-refractivity contribution in [2.45, 2.75) is 74.8 Å². The molecule has 2 bridgehead atoms. The number of alkyl halides is 3. The van der Waals surface area contributed by atoms with E-state index in [1.807, 2.05) is 0 Å². The molecule has 1 N–H and O–H groups in total. The van der Waals surface area contributed by atoms with Crippen LogP contribution in [0.2, 0.25) is 0 Å². The number of hydrogen-bond donors (Lipinski definition) is 1. The summed E-state index contributed by atoms with van der Waals surface area (Å²) in [5, 5.41) is 4.23. The van der Waals surface area contributed by atoms with Crippen molar-refractivity contribution in [1.82, 2.24) is 15.2 Å². The molecular formula is C25H29F4N3O3S. The number of amides is 1. The summed E-state index contributed by atoms with van der Waals surface area (Å²) < 4.78 is 68.8. The Balaban J connectivity index is 1.42. The van der Waals surface area contributed by atoms with Gasteiger partial charge in [0, 0.05) is 29.7 Å². The number of thiazole rings is 1. The topological polar surface area (TPSA) is 63.7 Å². The Morgan fingerprint density at radius 2 is 1.97 bits per heavy atom. The molecule has 6 rings (SSSR count). The number of nitrogens with zero attached hydrogens (tertiary/aromatic N) is 2. The van der Waals surface area contributed by atoms with E-state index in [4.69, 9.17) is 9.47 Å². The van der Waals surface area contributed by atoms with Crippen LogP contribution in [0.25, 0.3) is 0 Å². The maximum absolute atomic E-state index is 14.8. The maximum atomic E-state index is 14.8. The third kappa shape index (κ3) is 5.38. The van der Waals surface area contributed by atoms with Gasteiger partial charge in [0.25, 0.3) is 5.91 Å². The first kappa shape index (κ1) is 25.4. The number of carbonyl (C=O) groups is 1. The van der Waals surface area contributed by atoms with E-state index in [-0.39, 0.29) is 42.0 Å². The van der Waals surface area contributed by atoms with E-state index < -0.39 is 24.3 Å². The molecule has 3 aliphatic heterocycles. The molecule has 1 unspecified atom stereocenters. The van der Waals surface area contributed by atoms with Gasteiger partial charge in [-0.15, -0.1) is 11.3 Å². The zero-order chi connectivity index (χ0) is 25.3. The molecule has 0 spiro atoms. The van der Waals surface area contributed by atoms with Gasteiger partial charge in [-0.2, -0.15) is 13.2 Å². The number of benzene rings is 1. The number of fused-ring (bicyclic) bond motifs is 5. The average Bonchev–Trinajstić information content (AvgIpc) is 3.38.